The van der Waals surface area contributed by atoms with Gasteiger partial charge in [-0.15, -0.1) is 11.8 Å². The molecule has 1 saturated heterocycles. The fourth-order valence-electron chi connectivity index (χ4n) is 9.12. The van der Waals surface area contributed by atoms with Crippen LogP contribution in [0.4, 0.5) is 11.4 Å². The van der Waals surface area contributed by atoms with Gasteiger partial charge in [0.25, 0.3) is 0 Å². The van der Waals surface area contributed by atoms with Crippen LogP contribution in [0.2, 0.25) is 0 Å². The molecular formula is C39H33N3O6S2. The SMILES string of the molecule is COc1ccc(C2c3sc(=O)n(CC(=O)Nc4ccc5ccccc5c4)c3SC3C4CC(C5C(=O)N(c6ccccc6)C(=O)C45)C23)cc1OC. The highest BCUT2D eigenvalue weighted by Crippen LogP contribution is 2.69. The Bertz CT molecular complexity index is 2270. The van der Waals surface area contributed by atoms with Crippen molar-refractivity contribution < 1.29 is 23.9 Å². The zero-order chi connectivity index (χ0) is 34.3. The van der Waals surface area contributed by atoms with Gasteiger partial charge in [0.05, 0.1) is 36.8 Å². The van der Waals surface area contributed by atoms with Gasteiger partial charge in [-0.1, -0.05) is 65.9 Å². The van der Waals surface area contributed by atoms with Crippen molar-refractivity contribution in [1.29, 1.82) is 0 Å². The lowest BCUT2D eigenvalue weighted by Gasteiger charge is -2.43. The van der Waals surface area contributed by atoms with Crippen LogP contribution >= 0.6 is 23.1 Å². The fourth-order valence-corrected chi connectivity index (χ4v) is 12.3. The number of rotatable bonds is 7. The molecule has 7 unspecified atom stereocenters. The summed E-state index contributed by atoms with van der Waals surface area (Å²) >= 11 is 2.77. The molecule has 1 N–H and O–H groups in total. The van der Waals surface area contributed by atoms with E-state index in [1.807, 2.05) is 91.0 Å². The summed E-state index contributed by atoms with van der Waals surface area (Å²) in [6, 6.07) is 28.7. The minimum atomic E-state index is -0.413. The predicted molar refractivity (Wildman–Crippen MR) is 193 cm³/mol. The van der Waals surface area contributed by atoms with E-state index >= 15 is 0 Å². The van der Waals surface area contributed by atoms with Crippen molar-refractivity contribution in [2.45, 2.75) is 29.2 Å². The molecule has 7 atom stereocenters. The van der Waals surface area contributed by atoms with Gasteiger partial charge in [-0.05, 0) is 76.9 Å². The Balaban J connectivity index is 1.10. The van der Waals surface area contributed by atoms with Crippen LogP contribution in [-0.2, 0) is 20.9 Å². The number of methoxy groups -OCH3 is 2. The number of imide groups is 1. The Labute approximate surface area is 296 Å². The highest BCUT2D eigenvalue weighted by molar-refractivity contribution is 8.00. The molecule has 5 aromatic rings. The van der Waals surface area contributed by atoms with Crippen LogP contribution < -0.4 is 24.6 Å². The molecule has 0 spiro atoms. The quantitative estimate of drug-likeness (QED) is 0.196. The molecule has 9 rings (SSSR count). The van der Waals surface area contributed by atoms with Crippen LogP contribution in [0.25, 0.3) is 10.8 Å². The van der Waals surface area contributed by atoms with Gasteiger partial charge in [-0.25, -0.2) is 0 Å². The summed E-state index contributed by atoms with van der Waals surface area (Å²) in [5.41, 5.74) is 2.22. The number of anilines is 2. The first-order chi connectivity index (χ1) is 24.4. The van der Waals surface area contributed by atoms with Gasteiger partial charge in [0.2, 0.25) is 17.7 Å². The van der Waals surface area contributed by atoms with Gasteiger partial charge in [-0.2, -0.15) is 0 Å². The van der Waals surface area contributed by atoms with Crippen LogP contribution in [0, 0.1) is 29.6 Å². The van der Waals surface area contributed by atoms with Crippen LogP contribution in [0.15, 0.2) is 101 Å². The zero-order valence-corrected chi connectivity index (χ0v) is 28.9. The molecule has 4 aliphatic rings. The third kappa shape index (κ3) is 4.66. The van der Waals surface area contributed by atoms with Gasteiger partial charge >= 0.3 is 4.87 Å². The second-order valence-electron chi connectivity index (χ2n) is 13.4. The predicted octanol–water partition coefficient (Wildman–Crippen LogP) is 6.40. The lowest BCUT2D eigenvalue weighted by Crippen LogP contribution is -2.43. The normalized spacial score (nSPS) is 26.1. The molecule has 0 radical (unpaired) electrons. The van der Waals surface area contributed by atoms with Crippen molar-refractivity contribution in [3.8, 4) is 11.5 Å². The van der Waals surface area contributed by atoms with E-state index in [0.29, 0.717) is 22.9 Å². The van der Waals surface area contributed by atoms with Crippen molar-refractivity contribution in [1.82, 2.24) is 4.57 Å². The molecular weight excluding hydrogens is 671 g/mol. The number of carbonyl (C=O) groups is 3. The van der Waals surface area contributed by atoms with Crippen molar-refractivity contribution >= 4 is 63.0 Å². The smallest absolute Gasteiger partial charge is 0.308 e. The molecule has 1 aromatic heterocycles. The third-order valence-corrected chi connectivity index (χ3v) is 13.9. The van der Waals surface area contributed by atoms with E-state index in [9.17, 15) is 19.2 Å². The number of benzene rings is 4. The zero-order valence-electron chi connectivity index (χ0n) is 27.3. The molecule has 50 heavy (non-hydrogen) atoms. The standard InChI is InChI=1S/C39H33N3O6S2/c1-47-27-15-13-22(17-28(27)48-2)30-31-25-18-26(33-32(25)36(44)42(37(33)45)24-10-4-3-5-11-24)34(31)49-38-35(30)50-39(46)41(38)19-29(43)40-23-14-12-20-8-6-7-9-21(20)16-23/h3-17,25-26,30-34H,18-19H2,1-2H3,(H,40,43). The molecule has 252 valence electrons. The molecule has 2 bridgehead atoms. The lowest BCUT2D eigenvalue weighted by molar-refractivity contribution is -0.123. The van der Waals surface area contributed by atoms with Gasteiger partial charge in [0.15, 0.2) is 11.5 Å². The second-order valence-corrected chi connectivity index (χ2v) is 15.6. The van der Waals surface area contributed by atoms with E-state index in [4.69, 9.17) is 9.47 Å². The molecule has 9 nitrogen and oxygen atoms in total. The number of nitrogens with zero attached hydrogens (tertiary/aromatic N) is 2. The Hall–Kier alpha value is -4.87. The minimum Gasteiger partial charge on any atom is -0.493 e. The highest BCUT2D eigenvalue weighted by Gasteiger charge is 2.69. The van der Waals surface area contributed by atoms with E-state index < -0.39 is 11.8 Å². The first-order valence-electron chi connectivity index (χ1n) is 16.7. The maximum Gasteiger partial charge on any atom is 0.308 e. The molecule has 3 fully saturated rings. The number of amides is 3. The van der Waals surface area contributed by atoms with Gasteiger partial charge < -0.3 is 14.8 Å². The fraction of sp³-hybridized carbons (Fsp3) is 0.282. The minimum absolute atomic E-state index is 0.00208. The van der Waals surface area contributed by atoms with Crippen LogP contribution in [0.5, 0.6) is 11.5 Å². The van der Waals surface area contributed by atoms with E-state index in [0.717, 1.165) is 32.7 Å². The number of ether oxygens (including phenoxy) is 2. The highest BCUT2D eigenvalue weighted by atomic mass is 32.2. The number of hydrogen-bond acceptors (Lipinski definition) is 8. The Morgan fingerprint density at radius 3 is 2.30 bits per heavy atom. The van der Waals surface area contributed by atoms with Crippen LogP contribution in [0.1, 0.15) is 22.8 Å². The number of aromatic nitrogens is 1. The number of thiazole rings is 1. The number of fused-ring (bicyclic) bond motifs is 10. The second kappa shape index (κ2) is 11.9. The first-order valence-corrected chi connectivity index (χ1v) is 18.4. The molecule has 4 aromatic carbocycles. The summed E-state index contributed by atoms with van der Waals surface area (Å²) in [6.45, 7) is -0.139. The van der Waals surface area contributed by atoms with Gasteiger partial charge in [0, 0.05) is 21.7 Å². The molecule has 2 aliphatic carbocycles. The van der Waals surface area contributed by atoms with Crippen LogP contribution in [-0.4, -0.2) is 41.8 Å². The summed E-state index contributed by atoms with van der Waals surface area (Å²) < 4.78 is 12.8. The first kappa shape index (κ1) is 31.1. The van der Waals surface area contributed by atoms with Gasteiger partial charge in [0.1, 0.15) is 6.54 Å². The Morgan fingerprint density at radius 1 is 0.820 bits per heavy atom. The molecule has 3 amide bonds. The van der Waals surface area contributed by atoms with Crippen molar-refractivity contribution in [3.63, 3.8) is 0 Å². The molecule has 3 heterocycles. The van der Waals surface area contributed by atoms with E-state index in [1.165, 1.54) is 16.2 Å². The summed E-state index contributed by atoms with van der Waals surface area (Å²) in [5, 5.41) is 5.81. The average molecular weight is 704 g/mol. The van der Waals surface area contributed by atoms with E-state index in [1.54, 1.807) is 30.5 Å². The largest absolute Gasteiger partial charge is 0.493 e. The maximum absolute atomic E-state index is 14.1. The number of para-hydroxylation sites is 1. The van der Waals surface area contributed by atoms with E-state index in [-0.39, 0.29) is 58.1 Å². The lowest BCUT2D eigenvalue weighted by atomic mass is 9.68. The number of nitrogens with one attached hydrogen (secondary N) is 1. The average Bonchev–Trinajstić information content (AvgIpc) is 3.86. The number of hydrogen-bond donors (Lipinski definition) is 1. The third-order valence-electron chi connectivity index (χ3n) is 11.1. The number of thioether (sulfide) groups is 1. The summed E-state index contributed by atoms with van der Waals surface area (Å²) in [6.07, 6.45) is 0.767. The van der Waals surface area contributed by atoms with Crippen LogP contribution in [0.3, 0.4) is 0 Å². The molecule has 11 heteroatoms. The van der Waals surface area contributed by atoms with Gasteiger partial charge in [-0.3, -0.25) is 28.6 Å². The Morgan fingerprint density at radius 2 is 1.54 bits per heavy atom. The monoisotopic (exact) mass is 703 g/mol. The van der Waals surface area contributed by atoms with E-state index in [2.05, 4.69) is 5.32 Å². The summed E-state index contributed by atoms with van der Waals surface area (Å²) in [5.74, 6) is -0.532. The van der Waals surface area contributed by atoms with Crippen molar-refractivity contribution in [2.75, 3.05) is 24.4 Å². The topological polar surface area (TPSA) is 107 Å². The Kier molecular flexibility index (Phi) is 7.40. The van der Waals surface area contributed by atoms with Crippen molar-refractivity contribution in [2.24, 2.45) is 29.6 Å². The maximum atomic E-state index is 14.1. The number of carbonyl (C=O) groups excluding carboxylic acids is 3. The summed E-state index contributed by atoms with van der Waals surface area (Å²) in [7, 11) is 3.19. The van der Waals surface area contributed by atoms with Crippen molar-refractivity contribution in [3.05, 3.63) is 111 Å². The summed E-state index contributed by atoms with van der Waals surface area (Å²) in [4.78, 5) is 57.5. The molecule has 2 aliphatic heterocycles. The molecule has 2 saturated carbocycles.